The van der Waals surface area contributed by atoms with Crippen LogP contribution >= 0.6 is 0 Å². The molecule has 1 fully saturated rings. The van der Waals surface area contributed by atoms with E-state index in [4.69, 9.17) is 10.00 Å². The maximum atomic E-state index is 13.2. The lowest BCUT2D eigenvalue weighted by atomic mass is 10.1. The van der Waals surface area contributed by atoms with Gasteiger partial charge in [0.2, 0.25) is 0 Å². The van der Waals surface area contributed by atoms with Gasteiger partial charge in [0.25, 0.3) is 5.91 Å². The van der Waals surface area contributed by atoms with E-state index in [0.29, 0.717) is 16.6 Å². The largest absolute Gasteiger partial charge is 0.416 e. The van der Waals surface area contributed by atoms with E-state index in [-0.39, 0.29) is 12.2 Å². The average Bonchev–Trinajstić information content (AvgIpc) is 2.65. The number of nitrogens with zero attached hydrogens (tertiary/aromatic N) is 4. The molecule has 0 bridgehead atoms. The van der Waals surface area contributed by atoms with Gasteiger partial charge in [-0.2, -0.15) is 18.4 Å². The minimum Gasteiger partial charge on any atom is -0.364 e. The lowest BCUT2D eigenvalue weighted by molar-refractivity contribution is -0.233. The van der Waals surface area contributed by atoms with Crippen LogP contribution < -0.4 is 10.2 Å². The van der Waals surface area contributed by atoms with E-state index >= 15 is 0 Å². The highest BCUT2D eigenvalue weighted by atomic mass is 19.4. The van der Waals surface area contributed by atoms with E-state index in [1.807, 2.05) is 6.07 Å². The van der Waals surface area contributed by atoms with Crippen molar-refractivity contribution in [2.24, 2.45) is 0 Å². The van der Waals surface area contributed by atoms with Crippen molar-refractivity contribution in [2.45, 2.75) is 18.4 Å². The van der Waals surface area contributed by atoms with Gasteiger partial charge in [0, 0.05) is 18.6 Å². The normalized spacial score (nSPS) is 20.7. The maximum absolute atomic E-state index is 13.2. The minimum absolute atomic E-state index is 0.0767. The van der Waals surface area contributed by atoms with Gasteiger partial charge in [0.1, 0.15) is 11.6 Å². The Kier molecular flexibility index (Phi) is 4.65. The highest BCUT2D eigenvalue weighted by Crippen LogP contribution is 2.33. The molecule has 0 spiro atoms. The number of fused-ring (bicyclic) bond motifs is 1. The van der Waals surface area contributed by atoms with Gasteiger partial charge in [-0.15, -0.1) is 0 Å². The summed E-state index contributed by atoms with van der Waals surface area (Å²) in [5.74, 6) is -0.645. The summed E-state index contributed by atoms with van der Waals surface area (Å²) in [6, 6.07) is 5.17. The second-order valence-corrected chi connectivity index (χ2v) is 5.68. The number of rotatable bonds is 2. The van der Waals surface area contributed by atoms with Crippen LogP contribution in [0.4, 0.5) is 18.9 Å². The van der Waals surface area contributed by atoms with E-state index in [1.54, 1.807) is 12.1 Å². The number of ether oxygens (including phenoxy) is 1. The SMILES string of the molecule is CNC(=O)C1CN(c2cnc(C#N)c3ncccc23)CC(C(F)(F)F)O1. The number of carbonyl (C=O) groups is 1. The first-order chi connectivity index (χ1) is 12.3. The van der Waals surface area contributed by atoms with E-state index in [1.165, 1.54) is 24.3 Å². The van der Waals surface area contributed by atoms with Crippen LogP contribution in [-0.2, 0) is 9.53 Å². The van der Waals surface area contributed by atoms with Gasteiger partial charge in [-0.05, 0) is 12.1 Å². The third-order valence-electron chi connectivity index (χ3n) is 4.08. The molecule has 136 valence electrons. The molecule has 1 aliphatic heterocycles. The van der Waals surface area contributed by atoms with Crippen LogP contribution in [0.5, 0.6) is 0 Å². The highest BCUT2D eigenvalue weighted by Gasteiger charge is 2.47. The molecule has 1 amide bonds. The molecule has 1 aliphatic rings. The van der Waals surface area contributed by atoms with Crippen LogP contribution in [0.25, 0.3) is 10.9 Å². The summed E-state index contributed by atoms with van der Waals surface area (Å²) in [6.45, 7) is -0.571. The number of pyridine rings is 2. The molecule has 0 aliphatic carbocycles. The molecule has 1 saturated heterocycles. The predicted octanol–water partition coefficient (Wildman–Crippen LogP) is 1.38. The molecule has 26 heavy (non-hydrogen) atoms. The Labute approximate surface area is 146 Å². The standard InChI is InChI=1S/C16H14F3N5O2/c1-21-15(25)12-7-24(8-13(26-12)16(17,18)19)11-6-23-10(5-20)14-9(11)3-2-4-22-14/h2-4,6,12-13H,7-8H2,1H3,(H,21,25). The Hall–Kier alpha value is -2.93. The number of carbonyl (C=O) groups excluding carboxylic acids is 1. The third kappa shape index (κ3) is 3.25. The number of anilines is 1. The summed E-state index contributed by atoms with van der Waals surface area (Å²) in [5.41, 5.74) is 0.727. The lowest BCUT2D eigenvalue weighted by Crippen LogP contribution is -2.57. The second-order valence-electron chi connectivity index (χ2n) is 5.68. The number of aromatic nitrogens is 2. The number of amides is 1. The summed E-state index contributed by atoms with van der Waals surface area (Å²) in [4.78, 5) is 21.4. The molecule has 3 rings (SSSR count). The molecule has 2 atom stereocenters. The van der Waals surface area contributed by atoms with Crippen LogP contribution in [0.2, 0.25) is 0 Å². The molecule has 2 aromatic heterocycles. The number of likely N-dealkylation sites (N-methyl/N-ethyl adjacent to an activating group) is 1. The van der Waals surface area contributed by atoms with Gasteiger partial charge in [0.15, 0.2) is 17.9 Å². The van der Waals surface area contributed by atoms with Crippen molar-refractivity contribution < 1.29 is 22.7 Å². The Bertz CT molecular complexity index is 880. The van der Waals surface area contributed by atoms with Gasteiger partial charge in [0.05, 0.1) is 25.0 Å². The van der Waals surface area contributed by atoms with E-state index in [2.05, 4.69) is 15.3 Å². The molecule has 0 aromatic carbocycles. The summed E-state index contributed by atoms with van der Waals surface area (Å²) >= 11 is 0. The molecular weight excluding hydrogens is 351 g/mol. The fraction of sp³-hybridized carbons (Fsp3) is 0.375. The average molecular weight is 365 g/mol. The maximum Gasteiger partial charge on any atom is 0.416 e. The fourth-order valence-electron chi connectivity index (χ4n) is 2.83. The quantitative estimate of drug-likeness (QED) is 0.865. The molecule has 2 aromatic rings. The number of nitriles is 1. The molecule has 3 heterocycles. The minimum atomic E-state index is -4.63. The van der Waals surface area contributed by atoms with Crippen LogP contribution in [0, 0.1) is 11.3 Å². The molecule has 0 saturated carbocycles. The summed E-state index contributed by atoms with van der Waals surface area (Å²) < 4.78 is 44.7. The molecule has 2 unspecified atom stereocenters. The Morgan fingerprint density at radius 3 is 2.85 bits per heavy atom. The number of morpholine rings is 1. The second kappa shape index (κ2) is 6.76. The zero-order valence-corrected chi connectivity index (χ0v) is 13.6. The number of hydrogen-bond donors (Lipinski definition) is 1. The highest BCUT2D eigenvalue weighted by molar-refractivity contribution is 5.94. The molecule has 10 heteroatoms. The molecule has 0 radical (unpaired) electrons. The van der Waals surface area contributed by atoms with E-state index in [9.17, 15) is 18.0 Å². The van der Waals surface area contributed by atoms with E-state index < -0.39 is 30.8 Å². The predicted molar refractivity (Wildman–Crippen MR) is 85.2 cm³/mol. The summed E-state index contributed by atoms with van der Waals surface area (Å²) in [6.07, 6.45) is -5.25. The lowest BCUT2D eigenvalue weighted by Gasteiger charge is -2.39. The van der Waals surface area contributed by atoms with Crippen molar-refractivity contribution in [3.8, 4) is 6.07 Å². The Balaban J connectivity index is 2.06. The van der Waals surface area contributed by atoms with E-state index in [0.717, 1.165) is 0 Å². The number of alkyl halides is 3. The topological polar surface area (TPSA) is 91.1 Å². The van der Waals surface area contributed by atoms with Gasteiger partial charge in [-0.25, -0.2) is 4.98 Å². The molecular formula is C16H14F3N5O2. The van der Waals surface area contributed by atoms with Crippen molar-refractivity contribution in [3.05, 3.63) is 30.2 Å². The Morgan fingerprint density at radius 1 is 1.42 bits per heavy atom. The molecule has 1 N–H and O–H groups in total. The summed E-state index contributed by atoms with van der Waals surface area (Å²) in [5, 5.41) is 11.9. The molecule has 7 nitrogen and oxygen atoms in total. The van der Waals surface area contributed by atoms with Gasteiger partial charge >= 0.3 is 6.18 Å². The van der Waals surface area contributed by atoms with Gasteiger partial charge in [-0.3, -0.25) is 9.78 Å². The van der Waals surface area contributed by atoms with Crippen LogP contribution in [0.15, 0.2) is 24.5 Å². The van der Waals surface area contributed by atoms with Gasteiger partial charge < -0.3 is 15.0 Å². The smallest absolute Gasteiger partial charge is 0.364 e. The van der Waals surface area contributed by atoms with Crippen LogP contribution in [0.1, 0.15) is 5.69 Å². The van der Waals surface area contributed by atoms with Crippen molar-refractivity contribution in [1.82, 2.24) is 15.3 Å². The zero-order valence-electron chi connectivity index (χ0n) is 13.6. The van der Waals surface area contributed by atoms with Crippen molar-refractivity contribution in [3.63, 3.8) is 0 Å². The first kappa shape index (κ1) is 17.9. The number of hydrogen-bond acceptors (Lipinski definition) is 6. The first-order valence-corrected chi connectivity index (χ1v) is 7.67. The van der Waals surface area contributed by atoms with Crippen molar-refractivity contribution in [2.75, 3.05) is 25.0 Å². The van der Waals surface area contributed by atoms with Crippen molar-refractivity contribution in [1.29, 1.82) is 5.26 Å². The summed E-state index contributed by atoms with van der Waals surface area (Å²) in [7, 11) is 1.33. The van der Waals surface area contributed by atoms with Crippen LogP contribution in [-0.4, -0.2) is 54.4 Å². The van der Waals surface area contributed by atoms with Gasteiger partial charge in [-0.1, -0.05) is 0 Å². The fourth-order valence-corrected chi connectivity index (χ4v) is 2.83. The zero-order chi connectivity index (χ0) is 18.9. The number of nitrogens with one attached hydrogen (secondary N) is 1. The first-order valence-electron chi connectivity index (χ1n) is 7.67. The Morgan fingerprint density at radius 2 is 2.19 bits per heavy atom. The van der Waals surface area contributed by atoms with Crippen LogP contribution in [0.3, 0.4) is 0 Å². The monoisotopic (exact) mass is 365 g/mol. The van der Waals surface area contributed by atoms with Crippen molar-refractivity contribution >= 4 is 22.5 Å². The number of halogens is 3. The third-order valence-corrected chi connectivity index (χ3v) is 4.08.